The molecule has 2 unspecified atom stereocenters. The molecule has 0 aliphatic carbocycles. The van der Waals surface area contributed by atoms with Gasteiger partial charge < -0.3 is 20.1 Å². The number of hydrogen-bond acceptors (Lipinski definition) is 5. The van der Waals surface area contributed by atoms with Crippen LogP contribution in [0.15, 0.2) is 4.99 Å². The van der Waals surface area contributed by atoms with Gasteiger partial charge in [-0.2, -0.15) is 0 Å². The van der Waals surface area contributed by atoms with Gasteiger partial charge in [0.05, 0.1) is 24.8 Å². The minimum atomic E-state index is -0.105. The molecule has 2 atom stereocenters. The Kier molecular flexibility index (Phi) is 3.89. The van der Waals surface area contributed by atoms with E-state index in [1.807, 2.05) is 6.92 Å². The molecule has 2 heterocycles. The van der Waals surface area contributed by atoms with Gasteiger partial charge in [-0.05, 0) is 26.7 Å². The molecule has 2 aliphatic heterocycles. The fourth-order valence-corrected chi connectivity index (χ4v) is 2.45. The second-order valence-electron chi connectivity index (χ2n) is 5.05. The summed E-state index contributed by atoms with van der Waals surface area (Å²) in [5.74, 6) is 0.628. The number of aliphatic imine (C=N–C) groups is 1. The predicted octanol–water partition coefficient (Wildman–Crippen LogP) is 0.591. The Morgan fingerprint density at radius 3 is 3.12 bits per heavy atom. The number of hydrogen-bond donors (Lipinski definition) is 1. The molecule has 1 fully saturated rings. The van der Waals surface area contributed by atoms with Gasteiger partial charge in [-0.25, -0.2) is 0 Å². The molecule has 0 radical (unpaired) electrons. The molecular weight excluding hydrogens is 218 g/mol. The highest BCUT2D eigenvalue weighted by Crippen LogP contribution is 2.24. The van der Waals surface area contributed by atoms with Crippen molar-refractivity contribution in [1.82, 2.24) is 4.90 Å². The second-order valence-corrected chi connectivity index (χ2v) is 5.05. The van der Waals surface area contributed by atoms with E-state index in [1.54, 1.807) is 0 Å². The summed E-state index contributed by atoms with van der Waals surface area (Å²) in [5, 5.41) is 0. The largest absolute Gasteiger partial charge is 0.379 e. The number of ether oxygens (including phenoxy) is 2. The van der Waals surface area contributed by atoms with Gasteiger partial charge in [0, 0.05) is 19.8 Å². The molecule has 5 heteroatoms. The second kappa shape index (κ2) is 5.23. The Morgan fingerprint density at radius 2 is 2.47 bits per heavy atom. The van der Waals surface area contributed by atoms with Crippen LogP contribution < -0.4 is 5.73 Å². The molecular formula is C12H23N3O2. The highest BCUT2D eigenvalue weighted by Gasteiger charge is 2.39. The lowest BCUT2D eigenvalue weighted by Gasteiger charge is -2.37. The van der Waals surface area contributed by atoms with Gasteiger partial charge in [-0.15, -0.1) is 0 Å². The van der Waals surface area contributed by atoms with Gasteiger partial charge in [0.25, 0.3) is 0 Å². The fourth-order valence-electron chi connectivity index (χ4n) is 2.45. The van der Waals surface area contributed by atoms with Crippen molar-refractivity contribution >= 4 is 5.96 Å². The monoisotopic (exact) mass is 241 g/mol. The van der Waals surface area contributed by atoms with E-state index in [9.17, 15) is 0 Å². The van der Waals surface area contributed by atoms with Crippen LogP contribution in [0.5, 0.6) is 0 Å². The zero-order valence-electron chi connectivity index (χ0n) is 10.8. The number of guanidine groups is 1. The maximum atomic E-state index is 5.97. The van der Waals surface area contributed by atoms with Crippen molar-refractivity contribution in [2.24, 2.45) is 10.7 Å². The first-order valence-electron chi connectivity index (χ1n) is 6.42. The van der Waals surface area contributed by atoms with E-state index < -0.39 is 0 Å². The number of nitrogens with two attached hydrogens (primary N) is 1. The molecule has 17 heavy (non-hydrogen) atoms. The van der Waals surface area contributed by atoms with E-state index in [2.05, 4.69) is 16.8 Å². The fraction of sp³-hybridized carbons (Fsp3) is 0.917. The summed E-state index contributed by atoms with van der Waals surface area (Å²) in [7, 11) is 0. The number of nitrogens with zero attached hydrogens (tertiary/aromatic N) is 2. The molecule has 0 spiro atoms. The first-order valence-corrected chi connectivity index (χ1v) is 6.42. The van der Waals surface area contributed by atoms with Crippen LogP contribution in [0.25, 0.3) is 0 Å². The van der Waals surface area contributed by atoms with E-state index >= 15 is 0 Å². The SMILES string of the molecule is CCOCC1(C)CN=C(N)N1CC1CCCO1. The molecule has 0 saturated carbocycles. The average Bonchev–Trinajstić information content (AvgIpc) is 2.91. The van der Waals surface area contributed by atoms with Gasteiger partial charge in [0.15, 0.2) is 5.96 Å². The summed E-state index contributed by atoms with van der Waals surface area (Å²) in [6.45, 7) is 7.97. The summed E-state index contributed by atoms with van der Waals surface area (Å²) in [6, 6.07) is 0. The van der Waals surface area contributed by atoms with Crippen molar-refractivity contribution in [1.29, 1.82) is 0 Å². The standard InChI is InChI=1S/C12H23N3O2/c1-3-16-9-12(2)8-14-11(13)15(12)7-10-5-4-6-17-10/h10H,3-9H2,1-2H3,(H2,13,14). The summed E-state index contributed by atoms with van der Waals surface area (Å²) in [5.41, 5.74) is 5.86. The first kappa shape index (κ1) is 12.6. The molecule has 98 valence electrons. The lowest BCUT2D eigenvalue weighted by molar-refractivity contribution is 0.0240. The molecule has 0 aromatic heterocycles. The summed E-state index contributed by atoms with van der Waals surface area (Å²) in [6.07, 6.45) is 2.56. The topological polar surface area (TPSA) is 60.1 Å². The molecule has 5 nitrogen and oxygen atoms in total. The average molecular weight is 241 g/mol. The Labute approximate surface area is 103 Å². The third-order valence-corrected chi connectivity index (χ3v) is 3.54. The van der Waals surface area contributed by atoms with Crippen molar-refractivity contribution in [2.75, 3.05) is 32.9 Å². The van der Waals surface area contributed by atoms with Crippen molar-refractivity contribution in [3.63, 3.8) is 0 Å². The van der Waals surface area contributed by atoms with Gasteiger partial charge in [0.2, 0.25) is 0 Å². The summed E-state index contributed by atoms with van der Waals surface area (Å²) >= 11 is 0. The van der Waals surface area contributed by atoms with E-state index in [0.29, 0.717) is 25.2 Å². The van der Waals surface area contributed by atoms with E-state index in [0.717, 1.165) is 32.6 Å². The van der Waals surface area contributed by atoms with E-state index in [-0.39, 0.29) is 5.54 Å². The molecule has 0 aromatic carbocycles. The third kappa shape index (κ3) is 2.72. The van der Waals surface area contributed by atoms with Crippen LogP contribution in [0, 0.1) is 0 Å². The third-order valence-electron chi connectivity index (χ3n) is 3.54. The maximum Gasteiger partial charge on any atom is 0.192 e. The minimum absolute atomic E-state index is 0.105. The highest BCUT2D eigenvalue weighted by molar-refractivity contribution is 5.81. The molecule has 2 aliphatic rings. The Hall–Kier alpha value is -0.810. The smallest absolute Gasteiger partial charge is 0.192 e. The summed E-state index contributed by atoms with van der Waals surface area (Å²) in [4.78, 5) is 6.50. The Balaban J connectivity index is 1.97. The predicted molar refractivity (Wildman–Crippen MR) is 67.1 cm³/mol. The summed E-state index contributed by atoms with van der Waals surface area (Å²) < 4.78 is 11.2. The molecule has 2 N–H and O–H groups in total. The van der Waals surface area contributed by atoms with Gasteiger partial charge in [0.1, 0.15) is 0 Å². The van der Waals surface area contributed by atoms with Crippen LogP contribution in [0.4, 0.5) is 0 Å². The van der Waals surface area contributed by atoms with E-state index in [1.165, 1.54) is 0 Å². The van der Waals surface area contributed by atoms with Crippen molar-refractivity contribution in [3.8, 4) is 0 Å². The lowest BCUT2D eigenvalue weighted by atomic mass is 10.0. The van der Waals surface area contributed by atoms with Crippen LogP contribution in [-0.2, 0) is 9.47 Å². The first-order chi connectivity index (χ1) is 8.15. The van der Waals surface area contributed by atoms with Crippen LogP contribution in [-0.4, -0.2) is 55.4 Å². The Morgan fingerprint density at radius 1 is 1.65 bits per heavy atom. The van der Waals surface area contributed by atoms with Crippen molar-refractivity contribution < 1.29 is 9.47 Å². The number of rotatable bonds is 5. The quantitative estimate of drug-likeness (QED) is 0.765. The zero-order chi connectivity index (χ0) is 12.3. The van der Waals surface area contributed by atoms with Crippen molar-refractivity contribution in [2.45, 2.75) is 38.3 Å². The molecule has 2 rings (SSSR count). The molecule has 0 bridgehead atoms. The lowest BCUT2D eigenvalue weighted by Crippen LogP contribution is -2.54. The van der Waals surface area contributed by atoms with Crippen LogP contribution >= 0.6 is 0 Å². The normalized spacial score (nSPS) is 33.2. The van der Waals surface area contributed by atoms with E-state index in [4.69, 9.17) is 15.2 Å². The molecule has 1 saturated heterocycles. The van der Waals surface area contributed by atoms with Crippen LogP contribution in [0.3, 0.4) is 0 Å². The minimum Gasteiger partial charge on any atom is -0.379 e. The van der Waals surface area contributed by atoms with Gasteiger partial charge in [-0.1, -0.05) is 0 Å². The Bertz CT molecular complexity index is 289. The maximum absolute atomic E-state index is 5.97. The van der Waals surface area contributed by atoms with Gasteiger partial charge >= 0.3 is 0 Å². The zero-order valence-corrected chi connectivity index (χ0v) is 10.8. The van der Waals surface area contributed by atoms with Crippen molar-refractivity contribution in [3.05, 3.63) is 0 Å². The molecule has 0 aromatic rings. The molecule has 0 amide bonds. The van der Waals surface area contributed by atoms with Crippen LogP contribution in [0.1, 0.15) is 26.7 Å². The highest BCUT2D eigenvalue weighted by atomic mass is 16.5. The van der Waals surface area contributed by atoms with Gasteiger partial charge in [-0.3, -0.25) is 4.99 Å². The van der Waals surface area contributed by atoms with Crippen LogP contribution in [0.2, 0.25) is 0 Å².